The van der Waals surface area contributed by atoms with Gasteiger partial charge < -0.3 is 0 Å². The van der Waals surface area contributed by atoms with Crippen molar-refractivity contribution in [1.82, 2.24) is 4.98 Å². The zero-order valence-electron chi connectivity index (χ0n) is 12.5. The van der Waals surface area contributed by atoms with Crippen LogP contribution in [0.2, 0.25) is 10.0 Å². The standard InChI is InChI=1S/C17H10Cl2F2N2OS/c18-11-4-1-3-9(15(11)19)7-10-8-22-17(25-10)23-16(24)14-12(20)5-2-6-13(14)21/h1-6,8H,7H2,(H,22,23,24). The van der Waals surface area contributed by atoms with Crippen molar-refractivity contribution in [2.24, 2.45) is 0 Å². The molecule has 3 nitrogen and oxygen atoms in total. The number of hydrogen-bond acceptors (Lipinski definition) is 3. The van der Waals surface area contributed by atoms with Crippen LogP contribution in [0.5, 0.6) is 0 Å². The Labute approximate surface area is 156 Å². The van der Waals surface area contributed by atoms with Crippen LogP contribution in [0, 0.1) is 11.6 Å². The summed E-state index contributed by atoms with van der Waals surface area (Å²) in [7, 11) is 0. The van der Waals surface area contributed by atoms with Crippen LogP contribution in [0.1, 0.15) is 20.8 Å². The molecule has 1 N–H and O–H groups in total. The van der Waals surface area contributed by atoms with Gasteiger partial charge in [0.25, 0.3) is 5.91 Å². The van der Waals surface area contributed by atoms with Crippen molar-refractivity contribution in [3.8, 4) is 0 Å². The number of rotatable bonds is 4. The molecule has 1 amide bonds. The molecule has 2 aromatic carbocycles. The molecule has 0 saturated heterocycles. The first-order chi connectivity index (χ1) is 12.0. The van der Waals surface area contributed by atoms with E-state index in [1.807, 2.05) is 6.07 Å². The highest BCUT2D eigenvalue weighted by Gasteiger charge is 2.18. The third kappa shape index (κ3) is 3.98. The van der Waals surface area contributed by atoms with E-state index in [0.29, 0.717) is 16.5 Å². The van der Waals surface area contributed by atoms with Crippen LogP contribution in [0.25, 0.3) is 0 Å². The second kappa shape index (κ2) is 7.47. The van der Waals surface area contributed by atoms with Crippen molar-refractivity contribution in [1.29, 1.82) is 0 Å². The summed E-state index contributed by atoms with van der Waals surface area (Å²) in [5, 5.41) is 3.54. The average Bonchev–Trinajstić information content (AvgIpc) is 2.98. The Morgan fingerprint density at radius 3 is 2.52 bits per heavy atom. The molecule has 0 radical (unpaired) electrons. The fourth-order valence-electron chi connectivity index (χ4n) is 2.19. The molecule has 3 aromatic rings. The number of aromatic nitrogens is 1. The van der Waals surface area contributed by atoms with Gasteiger partial charge in [0, 0.05) is 17.5 Å². The molecule has 0 spiro atoms. The Hall–Kier alpha value is -2.02. The number of carbonyl (C=O) groups excluding carboxylic acids is 1. The van der Waals surface area contributed by atoms with E-state index >= 15 is 0 Å². The molecule has 1 heterocycles. The van der Waals surface area contributed by atoms with Crippen LogP contribution in [-0.4, -0.2) is 10.9 Å². The second-order valence-electron chi connectivity index (χ2n) is 5.07. The van der Waals surface area contributed by atoms with Gasteiger partial charge in [-0.15, -0.1) is 11.3 Å². The number of nitrogens with zero attached hydrogens (tertiary/aromatic N) is 1. The van der Waals surface area contributed by atoms with Gasteiger partial charge in [-0.2, -0.15) is 0 Å². The smallest absolute Gasteiger partial charge is 0.263 e. The third-order valence-corrected chi connectivity index (χ3v) is 5.13. The molecule has 0 unspecified atom stereocenters. The van der Waals surface area contributed by atoms with Crippen molar-refractivity contribution >= 4 is 45.6 Å². The molecule has 3 rings (SSSR count). The van der Waals surface area contributed by atoms with Crippen molar-refractivity contribution in [3.05, 3.63) is 80.3 Å². The summed E-state index contributed by atoms with van der Waals surface area (Å²) >= 11 is 13.3. The Morgan fingerprint density at radius 2 is 1.80 bits per heavy atom. The summed E-state index contributed by atoms with van der Waals surface area (Å²) in [5.74, 6) is -2.75. The molecule has 0 bridgehead atoms. The minimum atomic E-state index is -0.931. The molecular weight excluding hydrogens is 389 g/mol. The van der Waals surface area contributed by atoms with Gasteiger partial charge in [-0.1, -0.05) is 41.4 Å². The van der Waals surface area contributed by atoms with Crippen LogP contribution in [0.3, 0.4) is 0 Å². The van der Waals surface area contributed by atoms with Gasteiger partial charge in [0.05, 0.1) is 10.0 Å². The van der Waals surface area contributed by atoms with E-state index in [1.54, 1.807) is 18.3 Å². The summed E-state index contributed by atoms with van der Waals surface area (Å²) < 4.78 is 27.3. The highest BCUT2D eigenvalue weighted by molar-refractivity contribution is 7.15. The minimum Gasteiger partial charge on any atom is -0.298 e. The molecule has 0 saturated carbocycles. The Bertz CT molecular complexity index is 926. The van der Waals surface area contributed by atoms with Crippen LogP contribution in [-0.2, 0) is 6.42 Å². The maximum atomic E-state index is 13.6. The Kier molecular flexibility index (Phi) is 5.32. The molecule has 0 atom stereocenters. The summed E-state index contributed by atoms with van der Waals surface area (Å²) in [6.45, 7) is 0. The zero-order valence-corrected chi connectivity index (χ0v) is 14.9. The number of carbonyl (C=O) groups is 1. The van der Waals surface area contributed by atoms with Crippen LogP contribution >= 0.6 is 34.5 Å². The van der Waals surface area contributed by atoms with Crippen LogP contribution in [0.15, 0.2) is 42.6 Å². The monoisotopic (exact) mass is 398 g/mol. The summed E-state index contributed by atoms with van der Waals surface area (Å²) in [4.78, 5) is 16.9. The van der Waals surface area contributed by atoms with E-state index in [2.05, 4.69) is 10.3 Å². The number of anilines is 1. The highest BCUT2D eigenvalue weighted by atomic mass is 35.5. The first-order valence-corrected chi connectivity index (χ1v) is 8.66. The first-order valence-electron chi connectivity index (χ1n) is 7.08. The van der Waals surface area contributed by atoms with E-state index in [1.165, 1.54) is 17.4 Å². The third-order valence-electron chi connectivity index (χ3n) is 3.36. The van der Waals surface area contributed by atoms with E-state index in [9.17, 15) is 13.6 Å². The highest BCUT2D eigenvalue weighted by Crippen LogP contribution is 2.29. The van der Waals surface area contributed by atoms with Gasteiger partial charge in [0.15, 0.2) is 5.13 Å². The van der Waals surface area contributed by atoms with Gasteiger partial charge in [-0.05, 0) is 23.8 Å². The lowest BCUT2D eigenvalue weighted by atomic mass is 10.1. The fraction of sp³-hybridized carbons (Fsp3) is 0.0588. The molecular formula is C17H10Cl2F2N2OS. The molecule has 0 fully saturated rings. The lowest BCUT2D eigenvalue weighted by Crippen LogP contribution is -2.15. The summed E-state index contributed by atoms with van der Waals surface area (Å²) in [5.41, 5.74) is 0.174. The van der Waals surface area contributed by atoms with E-state index in [4.69, 9.17) is 23.2 Å². The topological polar surface area (TPSA) is 42.0 Å². The summed E-state index contributed by atoms with van der Waals surface area (Å²) in [6, 6.07) is 8.54. The maximum Gasteiger partial charge on any atom is 0.263 e. The number of thiazole rings is 1. The Morgan fingerprint density at radius 1 is 1.12 bits per heavy atom. The molecule has 25 heavy (non-hydrogen) atoms. The average molecular weight is 399 g/mol. The summed E-state index contributed by atoms with van der Waals surface area (Å²) in [6.07, 6.45) is 2.04. The number of benzene rings is 2. The number of nitrogens with one attached hydrogen (secondary N) is 1. The van der Waals surface area contributed by atoms with Crippen molar-refractivity contribution in [2.45, 2.75) is 6.42 Å². The van der Waals surface area contributed by atoms with E-state index < -0.39 is 23.1 Å². The lowest BCUT2D eigenvalue weighted by Gasteiger charge is -2.04. The molecule has 128 valence electrons. The second-order valence-corrected chi connectivity index (χ2v) is 6.97. The molecule has 1 aromatic heterocycles. The normalized spacial score (nSPS) is 10.7. The largest absolute Gasteiger partial charge is 0.298 e. The van der Waals surface area contributed by atoms with E-state index in [-0.39, 0.29) is 5.13 Å². The maximum absolute atomic E-state index is 13.6. The van der Waals surface area contributed by atoms with Crippen LogP contribution < -0.4 is 5.32 Å². The first kappa shape index (κ1) is 17.8. The fourth-order valence-corrected chi connectivity index (χ4v) is 3.41. The number of amides is 1. The van der Waals surface area contributed by atoms with Gasteiger partial charge in [-0.3, -0.25) is 10.1 Å². The minimum absolute atomic E-state index is 0.237. The van der Waals surface area contributed by atoms with E-state index in [0.717, 1.165) is 22.6 Å². The Balaban J connectivity index is 1.76. The van der Waals surface area contributed by atoms with Crippen molar-refractivity contribution in [3.63, 3.8) is 0 Å². The predicted octanol–water partition coefficient (Wildman–Crippen LogP) is 5.57. The number of hydrogen-bond donors (Lipinski definition) is 1. The molecule has 8 heteroatoms. The van der Waals surface area contributed by atoms with Gasteiger partial charge in [-0.25, -0.2) is 13.8 Å². The zero-order chi connectivity index (χ0) is 18.0. The number of halogens is 4. The quantitative estimate of drug-likeness (QED) is 0.623. The lowest BCUT2D eigenvalue weighted by molar-refractivity contribution is 0.101. The van der Waals surface area contributed by atoms with Crippen LogP contribution in [0.4, 0.5) is 13.9 Å². The molecule has 0 aliphatic carbocycles. The predicted molar refractivity (Wildman–Crippen MR) is 95.7 cm³/mol. The van der Waals surface area contributed by atoms with Gasteiger partial charge in [0.2, 0.25) is 0 Å². The van der Waals surface area contributed by atoms with Crippen molar-refractivity contribution in [2.75, 3.05) is 5.32 Å². The van der Waals surface area contributed by atoms with Gasteiger partial charge >= 0.3 is 0 Å². The molecule has 0 aliphatic heterocycles. The molecule has 0 aliphatic rings. The van der Waals surface area contributed by atoms with Crippen molar-refractivity contribution < 1.29 is 13.6 Å². The SMILES string of the molecule is O=C(Nc1ncc(Cc2cccc(Cl)c2Cl)s1)c1c(F)cccc1F. The van der Waals surface area contributed by atoms with Gasteiger partial charge in [0.1, 0.15) is 17.2 Å².